The van der Waals surface area contributed by atoms with Gasteiger partial charge < -0.3 is 15.1 Å². The van der Waals surface area contributed by atoms with Crippen molar-refractivity contribution in [2.75, 3.05) is 44.7 Å². The first kappa shape index (κ1) is 19.8. The summed E-state index contributed by atoms with van der Waals surface area (Å²) in [6, 6.07) is 6.24. The molecule has 0 spiro atoms. The summed E-state index contributed by atoms with van der Waals surface area (Å²) in [4.78, 5) is 26.5. The quantitative estimate of drug-likeness (QED) is 0.839. The third kappa shape index (κ3) is 3.96. The van der Waals surface area contributed by atoms with E-state index in [1.807, 2.05) is 11.9 Å². The van der Waals surface area contributed by atoms with Crippen LogP contribution in [-0.2, 0) is 11.2 Å². The highest BCUT2D eigenvalue weighted by Gasteiger charge is 2.31. The van der Waals surface area contributed by atoms with Crippen LogP contribution in [-0.4, -0.2) is 60.5 Å². The lowest BCUT2D eigenvalue weighted by molar-refractivity contribution is -0.133. The maximum absolute atomic E-state index is 13.3. The third-order valence-corrected chi connectivity index (χ3v) is 6.12. The summed E-state index contributed by atoms with van der Waals surface area (Å²) in [5, 5.41) is 3.10. The van der Waals surface area contributed by atoms with Gasteiger partial charge in [0.15, 0.2) is 0 Å². The number of hydrogen-bond acceptors (Lipinski definition) is 5. The summed E-state index contributed by atoms with van der Waals surface area (Å²) in [5.74, 6) is 1.02. The van der Waals surface area contributed by atoms with Crippen molar-refractivity contribution < 1.29 is 9.18 Å². The zero-order valence-corrected chi connectivity index (χ0v) is 17.1. The van der Waals surface area contributed by atoms with E-state index in [2.05, 4.69) is 27.1 Å². The SMILES string of the molecule is CNCC(C(=O)N1CCN(c2ncnc3c2C(C)CC3)CC1)c1ccc(F)cc1. The van der Waals surface area contributed by atoms with Gasteiger partial charge in [-0.3, -0.25) is 4.79 Å². The zero-order valence-electron chi connectivity index (χ0n) is 17.1. The minimum absolute atomic E-state index is 0.0897. The Morgan fingerprint density at radius 3 is 2.62 bits per heavy atom. The molecule has 1 aromatic carbocycles. The van der Waals surface area contributed by atoms with Crippen LogP contribution < -0.4 is 10.2 Å². The molecule has 1 aliphatic heterocycles. The predicted molar refractivity (Wildman–Crippen MR) is 111 cm³/mol. The molecule has 1 fully saturated rings. The summed E-state index contributed by atoms with van der Waals surface area (Å²) in [6.45, 7) is 5.61. The molecular weight excluding hydrogens is 369 g/mol. The molecule has 2 unspecified atom stereocenters. The largest absolute Gasteiger partial charge is 0.353 e. The molecule has 4 rings (SSSR count). The number of aryl methyl sites for hydroxylation is 1. The first-order valence-corrected chi connectivity index (χ1v) is 10.4. The Morgan fingerprint density at radius 1 is 1.21 bits per heavy atom. The Kier molecular flexibility index (Phi) is 5.76. The van der Waals surface area contributed by atoms with Crippen LogP contribution in [0.25, 0.3) is 0 Å². The van der Waals surface area contributed by atoms with Crippen molar-refractivity contribution in [2.24, 2.45) is 0 Å². The van der Waals surface area contributed by atoms with Gasteiger partial charge in [0.2, 0.25) is 5.91 Å². The zero-order chi connectivity index (χ0) is 20.4. The molecule has 6 nitrogen and oxygen atoms in total. The smallest absolute Gasteiger partial charge is 0.231 e. The summed E-state index contributed by atoms with van der Waals surface area (Å²) in [7, 11) is 1.83. The van der Waals surface area contributed by atoms with Crippen molar-refractivity contribution in [3.8, 4) is 0 Å². The number of likely N-dealkylation sites (N-methyl/N-ethyl adjacent to an activating group) is 1. The highest BCUT2D eigenvalue weighted by Crippen LogP contribution is 2.37. The second kappa shape index (κ2) is 8.45. The summed E-state index contributed by atoms with van der Waals surface area (Å²) >= 11 is 0. The topological polar surface area (TPSA) is 61.4 Å². The molecule has 2 aromatic rings. The molecular formula is C22H28FN5O. The van der Waals surface area contributed by atoms with E-state index in [4.69, 9.17) is 0 Å². The van der Waals surface area contributed by atoms with Crippen molar-refractivity contribution >= 4 is 11.7 Å². The number of rotatable bonds is 5. The van der Waals surface area contributed by atoms with Gasteiger partial charge in [0, 0.05) is 44.0 Å². The number of fused-ring (bicyclic) bond motifs is 1. The van der Waals surface area contributed by atoms with Crippen LogP contribution in [0.3, 0.4) is 0 Å². The van der Waals surface area contributed by atoms with Gasteiger partial charge in [-0.1, -0.05) is 19.1 Å². The van der Waals surface area contributed by atoms with Gasteiger partial charge in [-0.15, -0.1) is 0 Å². The van der Waals surface area contributed by atoms with Crippen LogP contribution in [0.5, 0.6) is 0 Å². The van der Waals surface area contributed by atoms with Crippen LogP contribution in [0.15, 0.2) is 30.6 Å². The summed E-state index contributed by atoms with van der Waals surface area (Å²) in [5.41, 5.74) is 3.30. The number of benzene rings is 1. The third-order valence-electron chi connectivity index (χ3n) is 6.12. The van der Waals surface area contributed by atoms with Crippen molar-refractivity contribution in [1.29, 1.82) is 0 Å². The van der Waals surface area contributed by atoms with E-state index in [9.17, 15) is 9.18 Å². The maximum Gasteiger partial charge on any atom is 0.231 e. The van der Waals surface area contributed by atoms with Crippen molar-refractivity contribution in [3.05, 3.63) is 53.2 Å². The molecule has 1 N–H and O–H groups in total. The number of amides is 1. The molecule has 154 valence electrons. The lowest BCUT2D eigenvalue weighted by atomic mass is 9.97. The first-order valence-electron chi connectivity index (χ1n) is 10.4. The minimum Gasteiger partial charge on any atom is -0.353 e. The van der Waals surface area contributed by atoms with Crippen LogP contribution in [0.2, 0.25) is 0 Å². The summed E-state index contributed by atoms with van der Waals surface area (Å²) < 4.78 is 13.3. The number of carbonyl (C=O) groups excluding carboxylic acids is 1. The highest BCUT2D eigenvalue weighted by molar-refractivity contribution is 5.84. The molecule has 1 aromatic heterocycles. The standard InChI is InChI=1S/C22H28FN5O/c1-15-3-8-19-20(15)21(26-14-25-19)27-9-11-28(12-10-27)22(29)18(13-24-2)16-4-6-17(23)7-5-16/h4-7,14-15,18,24H,3,8-13H2,1-2H3. The first-order chi connectivity index (χ1) is 14.1. The van der Waals surface area contributed by atoms with Gasteiger partial charge in [0.05, 0.1) is 5.92 Å². The van der Waals surface area contributed by atoms with Gasteiger partial charge in [0.1, 0.15) is 18.0 Å². The Hall–Kier alpha value is -2.54. The van der Waals surface area contributed by atoms with E-state index >= 15 is 0 Å². The lowest BCUT2D eigenvalue weighted by Crippen LogP contribution is -2.51. The van der Waals surface area contributed by atoms with E-state index < -0.39 is 0 Å². The minimum atomic E-state index is -0.310. The van der Waals surface area contributed by atoms with Gasteiger partial charge in [-0.25, -0.2) is 14.4 Å². The molecule has 1 saturated heterocycles. The van der Waals surface area contributed by atoms with E-state index in [1.165, 1.54) is 23.4 Å². The number of aromatic nitrogens is 2. The second-order valence-electron chi connectivity index (χ2n) is 7.97. The van der Waals surface area contributed by atoms with Gasteiger partial charge >= 0.3 is 0 Å². The number of nitrogens with one attached hydrogen (secondary N) is 1. The van der Waals surface area contributed by atoms with Crippen molar-refractivity contribution in [3.63, 3.8) is 0 Å². The fourth-order valence-corrected chi connectivity index (χ4v) is 4.48. The predicted octanol–water partition coefficient (Wildman–Crippen LogP) is 2.32. The number of hydrogen-bond donors (Lipinski definition) is 1. The van der Waals surface area contributed by atoms with E-state index in [0.717, 1.165) is 37.3 Å². The number of halogens is 1. The van der Waals surface area contributed by atoms with E-state index in [-0.39, 0.29) is 17.6 Å². The fourth-order valence-electron chi connectivity index (χ4n) is 4.48. The molecule has 7 heteroatoms. The maximum atomic E-state index is 13.3. The molecule has 2 aliphatic rings. The molecule has 0 saturated carbocycles. The fraction of sp³-hybridized carbons (Fsp3) is 0.500. The monoisotopic (exact) mass is 397 g/mol. The molecule has 2 heterocycles. The molecule has 1 amide bonds. The van der Waals surface area contributed by atoms with Crippen LogP contribution in [0.1, 0.15) is 42.0 Å². The normalized spacial score (nSPS) is 19.9. The van der Waals surface area contributed by atoms with E-state index in [0.29, 0.717) is 25.6 Å². The van der Waals surface area contributed by atoms with Crippen LogP contribution in [0, 0.1) is 5.82 Å². The lowest BCUT2D eigenvalue weighted by Gasteiger charge is -2.38. The van der Waals surface area contributed by atoms with E-state index in [1.54, 1.807) is 18.5 Å². The Balaban J connectivity index is 1.46. The van der Waals surface area contributed by atoms with Gasteiger partial charge in [-0.2, -0.15) is 0 Å². The number of nitrogens with zero attached hydrogens (tertiary/aromatic N) is 4. The van der Waals surface area contributed by atoms with Crippen molar-refractivity contribution in [1.82, 2.24) is 20.2 Å². The Bertz CT molecular complexity index is 864. The molecule has 0 radical (unpaired) electrons. The molecule has 1 aliphatic carbocycles. The van der Waals surface area contributed by atoms with Crippen LogP contribution >= 0.6 is 0 Å². The molecule has 0 bridgehead atoms. The molecule has 29 heavy (non-hydrogen) atoms. The van der Waals surface area contributed by atoms with Gasteiger partial charge in [-0.05, 0) is 43.5 Å². The Labute approximate surface area is 171 Å². The number of anilines is 1. The average Bonchev–Trinajstić information content (AvgIpc) is 3.14. The summed E-state index contributed by atoms with van der Waals surface area (Å²) in [6.07, 6.45) is 3.82. The second-order valence-corrected chi connectivity index (χ2v) is 7.97. The number of piperazine rings is 1. The van der Waals surface area contributed by atoms with Gasteiger partial charge in [0.25, 0.3) is 0 Å². The van der Waals surface area contributed by atoms with Crippen LogP contribution in [0.4, 0.5) is 10.2 Å². The highest BCUT2D eigenvalue weighted by atomic mass is 19.1. The molecule has 2 atom stereocenters. The van der Waals surface area contributed by atoms with Crippen molar-refractivity contribution in [2.45, 2.75) is 31.6 Å². The number of carbonyl (C=O) groups is 1. The average molecular weight is 397 g/mol. The Morgan fingerprint density at radius 2 is 1.93 bits per heavy atom.